The van der Waals surface area contributed by atoms with Crippen LogP contribution in [0.5, 0.6) is 0 Å². The van der Waals surface area contributed by atoms with Crippen LogP contribution >= 0.6 is 0 Å². The average Bonchev–Trinajstić information content (AvgIpc) is 2.99. The molecule has 7 heteroatoms. The molecule has 0 amide bonds. The van der Waals surface area contributed by atoms with Gasteiger partial charge in [0.1, 0.15) is 11.6 Å². The quantitative estimate of drug-likeness (QED) is 0.540. The van der Waals surface area contributed by atoms with Crippen LogP contribution < -0.4 is 0 Å². The molecule has 0 heterocycles. The smallest absolute Gasteiger partial charge is 0.306 e. The molecule has 0 unspecified atom stereocenters. The van der Waals surface area contributed by atoms with E-state index in [1.807, 2.05) is 41.5 Å². The summed E-state index contributed by atoms with van der Waals surface area (Å²) in [7, 11) is 0. The monoisotopic (exact) mass is 514 g/mol. The van der Waals surface area contributed by atoms with Gasteiger partial charge in [-0.05, 0) is 36.0 Å². The number of hydrogen-bond donors (Lipinski definition) is 2. The Morgan fingerprint density at radius 1 is 0.973 bits per heavy atom. The van der Waals surface area contributed by atoms with Crippen LogP contribution in [0.4, 0.5) is 0 Å². The molecule has 2 fully saturated rings. The highest BCUT2D eigenvalue weighted by Gasteiger charge is 2.70. The summed E-state index contributed by atoms with van der Waals surface area (Å²) in [6.45, 7) is 13.1. The zero-order chi connectivity index (χ0) is 27.9. The maximum atomic E-state index is 14.0. The summed E-state index contributed by atoms with van der Waals surface area (Å²) in [5.74, 6) is -2.62. The first kappa shape index (κ1) is 27.9. The minimum atomic E-state index is -1.01. The number of ketones is 4. The third kappa shape index (κ3) is 3.74. The van der Waals surface area contributed by atoms with Gasteiger partial charge >= 0.3 is 5.97 Å². The van der Waals surface area contributed by atoms with Crippen LogP contribution in [0.25, 0.3) is 0 Å². The predicted molar refractivity (Wildman–Crippen MR) is 136 cm³/mol. The van der Waals surface area contributed by atoms with Crippen molar-refractivity contribution in [2.45, 2.75) is 99.5 Å². The number of aliphatic carboxylic acids is 1. The van der Waals surface area contributed by atoms with Crippen molar-refractivity contribution in [3.05, 3.63) is 11.1 Å². The van der Waals surface area contributed by atoms with E-state index in [9.17, 15) is 34.2 Å². The van der Waals surface area contributed by atoms with Crippen LogP contribution in [0.1, 0.15) is 93.4 Å². The second-order valence-electron chi connectivity index (χ2n) is 13.7. The van der Waals surface area contributed by atoms with Crippen molar-refractivity contribution in [1.82, 2.24) is 0 Å². The van der Waals surface area contributed by atoms with Gasteiger partial charge in [-0.15, -0.1) is 0 Å². The molecule has 8 atom stereocenters. The van der Waals surface area contributed by atoms with Crippen LogP contribution in [0.2, 0.25) is 0 Å². The lowest BCUT2D eigenvalue weighted by Gasteiger charge is -2.59. The molecule has 37 heavy (non-hydrogen) atoms. The van der Waals surface area contributed by atoms with Crippen molar-refractivity contribution in [3.8, 4) is 0 Å². The van der Waals surface area contributed by atoms with Gasteiger partial charge < -0.3 is 10.2 Å². The molecule has 0 aromatic carbocycles. The number of aliphatic hydroxyl groups excluding tert-OH is 1. The summed E-state index contributed by atoms with van der Waals surface area (Å²) < 4.78 is 0. The van der Waals surface area contributed by atoms with Crippen LogP contribution in [0, 0.1) is 45.3 Å². The van der Waals surface area contributed by atoms with E-state index >= 15 is 0 Å². The lowest BCUT2D eigenvalue weighted by molar-refractivity contribution is -0.147. The fourth-order valence-electron chi connectivity index (χ4n) is 8.92. The summed E-state index contributed by atoms with van der Waals surface area (Å²) in [5, 5.41) is 20.8. The zero-order valence-electron chi connectivity index (χ0n) is 23.3. The largest absolute Gasteiger partial charge is 0.481 e. The zero-order valence-corrected chi connectivity index (χ0v) is 23.3. The van der Waals surface area contributed by atoms with E-state index in [4.69, 9.17) is 0 Å². The highest BCUT2D eigenvalue weighted by Crippen LogP contribution is 2.70. The topological polar surface area (TPSA) is 126 Å². The molecular formula is C30H42O7. The van der Waals surface area contributed by atoms with Crippen molar-refractivity contribution in [3.63, 3.8) is 0 Å². The number of carboxylic acids is 1. The van der Waals surface area contributed by atoms with Gasteiger partial charge in [-0.2, -0.15) is 0 Å². The van der Waals surface area contributed by atoms with E-state index < -0.39 is 39.7 Å². The number of carbonyl (C=O) groups excluding carboxylic acids is 4. The van der Waals surface area contributed by atoms with Crippen molar-refractivity contribution < 1.29 is 34.2 Å². The minimum absolute atomic E-state index is 0.0517. The maximum absolute atomic E-state index is 14.0. The van der Waals surface area contributed by atoms with Crippen molar-refractivity contribution in [2.75, 3.05) is 0 Å². The van der Waals surface area contributed by atoms with E-state index in [0.717, 1.165) is 0 Å². The summed E-state index contributed by atoms with van der Waals surface area (Å²) in [4.78, 5) is 64.6. The molecule has 0 aromatic rings. The van der Waals surface area contributed by atoms with E-state index in [0.29, 0.717) is 30.4 Å². The first-order valence-corrected chi connectivity index (χ1v) is 13.7. The summed E-state index contributed by atoms with van der Waals surface area (Å²) in [5.41, 5.74) is -1.98. The van der Waals surface area contributed by atoms with Gasteiger partial charge in [-0.3, -0.25) is 24.0 Å². The Bertz CT molecular complexity index is 1110. The van der Waals surface area contributed by atoms with Gasteiger partial charge in [0.2, 0.25) is 0 Å². The number of fused-ring (bicyclic) bond motifs is 4. The molecule has 0 spiro atoms. The Morgan fingerprint density at radius 2 is 1.59 bits per heavy atom. The van der Waals surface area contributed by atoms with E-state index in [-0.39, 0.29) is 66.6 Å². The highest BCUT2D eigenvalue weighted by atomic mass is 16.4. The second kappa shape index (κ2) is 8.69. The molecule has 4 rings (SSSR count). The van der Waals surface area contributed by atoms with Gasteiger partial charge in [0.25, 0.3) is 0 Å². The Hall–Kier alpha value is -2.15. The molecule has 0 aromatic heterocycles. The first-order chi connectivity index (χ1) is 16.9. The minimum Gasteiger partial charge on any atom is -0.481 e. The predicted octanol–water partition coefficient (Wildman–Crippen LogP) is 4.34. The summed E-state index contributed by atoms with van der Waals surface area (Å²) in [6.07, 6.45) is 0.899. The fraction of sp³-hybridized carbons (Fsp3) is 0.767. The number of aliphatic hydroxyl groups is 1. The number of carbonyl (C=O) groups is 5. The third-order valence-electron chi connectivity index (χ3n) is 11.4. The Balaban J connectivity index is 1.75. The second-order valence-corrected chi connectivity index (χ2v) is 13.7. The normalized spacial score (nSPS) is 40.5. The molecule has 2 saturated carbocycles. The SMILES string of the molecule is C[C@H](CC(=O)C[C@H](C)C(=O)O)[C@H]1C[C@@H](O)[C@@]2(C)C3=C(C(=O)C[C@]12C)[C@@]1(C)CCC(=O)C(C)(C)[C@@H]1CC3=O. The fourth-order valence-corrected chi connectivity index (χ4v) is 8.92. The Labute approximate surface area is 219 Å². The third-order valence-corrected chi connectivity index (χ3v) is 11.4. The molecular weight excluding hydrogens is 472 g/mol. The van der Waals surface area contributed by atoms with Crippen molar-refractivity contribution >= 4 is 29.1 Å². The molecule has 2 N–H and O–H groups in total. The molecule has 204 valence electrons. The van der Waals surface area contributed by atoms with Gasteiger partial charge in [0.05, 0.1) is 12.0 Å². The van der Waals surface area contributed by atoms with Gasteiger partial charge in [0, 0.05) is 59.5 Å². The summed E-state index contributed by atoms with van der Waals surface area (Å²) >= 11 is 0. The first-order valence-electron chi connectivity index (χ1n) is 13.7. The number of rotatable bonds is 6. The lowest BCUT2D eigenvalue weighted by Crippen LogP contribution is -2.59. The van der Waals surface area contributed by atoms with E-state index in [1.165, 1.54) is 6.92 Å². The van der Waals surface area contributed by atoms with Gasteiger partial charge in [-0.1, -0.05) is 48.5 Å². The molecule has 0 saturated heterocycles. The van der Waals surface area contributed by atoms with Crippen LogP contribution in [0.3, 0.4) is 0 Å². The molecule has 4 aliphatic rings. The van der Waals surface area contributed by atoms with Gasteiger partial charge in [-0.25, -0.2) is 0 Å². The molecule has 0 aliphatic heterocycles. The number of Topliss-reactive ketones (excluding diaryl/α,β-unsaturated/α-hetero) is 4. The van der Waals surface area contributed by atoms with Crippen LogP contribution in [0.15, 0.2) is 11.1 Å². The molecule has 7 nitrogen and oxygen atoms in total. The number of hydrogen-bond acceptors (Lipinski definition) is 6. The maximum Gasteiger partial charge on any atom is 0.306 e. The number of carboxylic acid groups (broad SMARTS) is 1. The molecule has 0 radical (unpaired) electrons. The highest BCUT2D eigenvalue weighted by molar-refractivity contribution is 6.12. The average molecular weight is 515 g/mol. The van der Waals surface area contributed by atoms with Gasteiger partial charge in [0.15, 0.2) is 11.6 Å². The Kier molecular flexibility index (Phi) is 6.54. The lowest BCUT2D eigenvalue weighted by atomic mass is 9.42. The van der Waals surface area contributed by atoms with Crippen LogP contribution in [-0.4, -0.2) is 45.4 Å². The summed E-state index contributed by atoms with van der Waals surface area (Å²) in [6, 6.07) is 0. The standard InChI is InChI=1S/C30H42O7/c1-15(10-17(31)11-16(2)26(36)37)18-12-23(35)30(7)25-19(32)13-21-27(3,4)22(34)8-9-28(21,5)24(25)20(33)14-29(18,30)6/h15-16,18,21,23,35H,8-14H2,1-7H3,(H,36,37)/t15-,16+,18-,21+,23-,28+,29-,30+/m1/s1. The van der Waals surface area contributed by atoms with Crippen molar-refractivity contribution in [1.29, 1.82) is 0 Å². The Morgan fingerprint density at radius 3 is 2.19 bits per heavy atom. The molecule has 4 aliphatic carbocycles. The van der Waals surface area contributed by atoms with E-state index in [1.54, 1.807) is 0 Å². The van der Waals surface area contributed by atoms with E-state index in [2.05, 4.69) is 0 Å². The molecule has 0 bridgehead atoms. The van der Waals surface area contributed by atoms with Crippen LogP contribution in [-0.2, 0) is 24.0 Å². The van der Waals surface area contributed by atoms with Crippen molar-refractivity contribution in [2.24, 2.45) is 45.3 Å². The number of allylic oxidation sites excluding steroid dienone is 1.